The van der Waals surface area contributed by atoms with E-state index >= 15 is 0 Å². The number of hydrogen-bond acceptors (Lipinski definition) is 2. The minimum Gasteiger partial charge on any atom is -0.342 e. The molecule has 4 heteroatoms. The van der Waals surface area contributed by atoms with Crippen molar-refractivity contribution < 1.29 is 9.18 Å². The summed E-state index contributed by atoms with van der Waals surface area (Å²) in [5.41, 5.74) is 6.81. The number of halogens is 1. The smallest absolute Gasteiger partial charge is 0.222 e. The van der Waals surface area contributed by atoms with Gasteiger partial charge in [0.2, 0.25) is 5.91 Å². The summed E-state index contributed by atoms with van der Waals surface area (Å²) in [4.78, 5) is 14.1. The van der Waals surface area contributed by atoms with Gasteiger partial charge in [-0.25, -0.2) is 4.39 Å². The van der Waals surface area contributed by atoms with Crippen molar-refractivity contribution in [3.8, 4) is 0 Å². The molecule has 20 heavy (non-hydrogen) atoms. The minimum atomic E-state index is -0.245. The summed E-state index contributed by atoms with van der Waals surface area (Å²) in [6, 6.07) is 6.59. The van der Waals surface area contributed by atoms with E-state index in [1.807, 2.05) is 17.9 Å². The molecule has 0 bridgehead atoms. The summed E-state index contributed by atoms with van der Waals surface area (Å²) in [5, 5.41) is 0. The summed E-state index contributed by atoms with van der Waals surface area (Å²) >= 11 is 0. The predicted molar refractivity (Wildman–Crippen MR) is 77.7 cm³/mol. The molecule has 0 aromatic heterocycles. The fourth-order valence-corrected chi connectivity index (χ4v) is 2.77. The Labute approximate surface area is 120 Å². The van der Waals surface area contributed by atoms with Crippen molar-refractivity contribution in [3.05, 3.63) is 35.6 Å². The fraction of sp³-hybridized carbons (Fsp3) is 0.562. The van der Waals surface area contributed by atoms with E-state index in [-0.39, 0.29) is 17.8 Å². The maximum absolute atomic E-state index is 13.1. The normalized spacial score (nSPS) is 20.8. The standard InChI is InChI=1S/C16H23FN2O/c1-12(18)14-5-3-9-19(11-14)16(20)8-7-13-4-2-6-15(17)10-13/h2,4,6,10,12,14H,3,5,7-9,11,18H2,1H3/t12-,14-/m1/s1. The maximum Gasteiger partial charge on any atom is 0.222 e. The third kappa shape index (κ3) is 4.04. The zero-order valence-corrected chi connectivity index (χ0v) is 12.0. The molecule has 1 aromatic rings. The Morgan fingerprint density at radius 3 is 3.05 bits per heavy atom. The van der Waals surface area contributed by atoms with E-state index in [1.165, 1.54) is 12.1 Å². The van der Waals surface area contributed by atoms with Crippen molar-refractivity contribution in [1.29, 1.82) is 0 Å². The van der Waals surface area contributed by atoms with Crippen molar-refractivity contribution in [2.75, 3.05) is 13.1 Å². The van der Waals surface area contributed by atoms with Gasteiger partial charge < -0.3 is 10.6 Å². The number of hydrogen-bond donors (Lipinski definition) is 1. The number of carbonyl (C=O) groups is 1. The van der Waals surface area contributed by atoms with Crippen LogP contribution in [0.5, 0.6) is 0 Å². The van der Waals surface area contributed by atoms with Crippen molar-refractivity contribution in [1.82, 2.24) is 4.90 Å². The van der Waals surface area contributed by atoms with E-state index in [1.54, 1.807) is 6.07 Å². The first-order valence-electron chi connectivity index (χ1n) is 7.34. The highest BCUT2D eigenvalue weighted by molar-refractivity contribution is 5.76. The topological polar surface area (TPSA) is 46.3 Å². The van der Waals surface area contributed by atoms with Crippen LogP contribution in [-0.2, 0) is 11.2 Å². The van der Waals surface area contributed by atoms with E-state index in [0.717, 1.165) is 31.5 Å². The maximum atomic E-state index is 13.1. The van der Waals surface area contributed by atoms with Gasteiger partial charge >= 0.3 is 0 Å². The summed E-state index contributed by atoms with van der Waals surface area (Å²) in [7, 11) is 0. The monoisotopic (exact) mass is 278 g/mol. The van der Waals surface area contributed by atoms with Gasteiger partial charge in [-0.2, -0.15) is 0 Å². The molecule has 2 atom stereocenters. The van der Waals surface area contributed by atoms with E-state index in [9.17, 15) is 9.18 Å². The number of piperidine rings is 1. The molecule has 110 valence electrons. The Kier molecular flexibility index (Phi) is 5.12. The molecule has 1 aliphatic heterocycles. The zero-order valence-electron chi connectivity index (χ0n) is 12.0. The Balaban J connectivity index is 1.85. The quantitative estimate of drug-likeness (QED) is 0.919. The molecule has 1 fully saturated rings. The Bertz CT molecular complexity index is 462. The number of nitrogens with two attached hydrogens (primary N) is 1. The molecule has 0 saturated carbocycles. The van der Waals surface area contributed by atoms with Crippen LogP contribution in [0.1, 0.15) is 31.7 Å². The van der Waals surface area contributed by atoms with Gasteiger partial charge in [0, 0.05) is 25.6 Å². The Morgan fingerprint density at radius 2 is 2.35 bits per heavy atom. The van der Waals surface area contributed by atoms with Crippen LogP contribution in [-0.4, -0.2) is 29.9 Å². The first-order valence-corrected chi connectivity index (χ1v) is 7.34. The highest BCUT2D eigenvalue weighted by Gasteiger charge is 2.25. The number of likely N-dealkylation sites (tertiary alicyclic amines) is 1. The lowest BCUT2D eigenvalue weighted by Crippen LogP contribution is -2.45. The molecule has 1 aliphatic rings. The lowest BCUT2D eigenvalue weighted by Gasteiger charge is -2.34. The molecule has 0 unspecified atom stereocenters. The van der Waals surface area contributed by atoms with Gasteiger partial charge in [0.15, 0.2) is 0 Å². The van der Waals surface area contributed by atoms with Gasteiger partial charge in [-0.3, -0.25) is 4.79 Å². The minimum absolute atomic E-state index is 0.133. The van der Waals surface area contributed by atoms with E-state index in [4.69, 9.17) is 5.73 Å². The van der Waals surface area contributed by atoms with Crippen LogP contribution in [0.4, 0.5) is 4.39 Å². The van der Waals surface area contributed by atoms with Gasteiger partial charge in [0.1, 0.15) is 5.82 Å². The number of carbonyl (C=O) groups excluding carboxylic acids is 1. The van der Waals surface area contributed by atoms with Crippen LogP contribution in [0.2, 0.25) is 0 Å². The van der Waals surface area contributed by atoms with E-state index < -0.39 is 0 Å². The molecule has 1 saturated heterocycles. The van der Waals surface area contributed by atoms with Gasteiger partial charge in [0.05, 0.1) is 0 Å². The second-order valence-electron chi connectivity index (χ2n) is 5.73. The second-order valence-corrected chi connectivity index (χ2v) is 5.73. The van der Waals surface area contributed by atoms with Crippen molar-refractivity contribution in [2.45, 2.75) is 38.6 Å². The average Bonchev–Trinajstić information content (AvgIpc) is 2.45. The molecule has 0 radical (unpaired) electrons. The number of amides is 1. The fourth-order valence-electron chi connectivity index (χ4n) is 2.77. The first-order chi connectivity index (χ1) is 9.56. The van der Waals surface area contributed by atoms with Gasteiger partial charge in [-0.05, 0) is 49.8 Å². The second kappa shape index (κ2) is 6.84. The molecule has 3 nitrogen and oxygen atoms in total. The van der Waals surface area contributed by atoms with Crippen LogP contribution >= 0.6 is 0 Å². The SMILES string of the molecule is C[C@@H](N)[C@@H]1CCCN(C(=O)CCc2cccc(F)c2)C1. The summed E-state index contributed by atoms with van der Waals surface area (Å²) in [6.07, 6.45) is 3.16. The summed E-state index contributed by atoms with van der Waals surface area (Å²) < 4.78 is 13.1. The van der Waals surface area contributed by atoms with Crippen LogP contribution in [0.15, 0.2) is 24.3 Å². The molecule has 0 spiro atoms. The van der Waals surface area contributed by atoms with Gasteiger partial charge in [0.25, 0.3) is 0 Å². The van der Waals surface area contributed by atoms with Gasteiger partial charge in [-0.15, -0.1) is 0 Å². The molecule has 1 aromatic carbocycles. The third-order valence-corrected chi connectivity index (χ3v) is 4.07. The molecular weight excluding hydrogens is 255 g/mol. The Hall–Kier alpha value is -1.42. The van der Waals surface area contributed by atoms with Crippen LogP contribution < -0.4 is 5.73 Å². The molecular formula is C16H23FN2O. The summed E-state index contributed by atoms with van der Waals surface area (Å²) in [5.74, 6) is 0.312. The average molecular weight is 278 g/mol. The highest BCUT2D eigenvalue weighted by atomic mass is 19.1. The highest BCUT2D eigenvalue weighted by Crippen LogP contribution is 2.19. The zero-order chi connectivity index (χ0) is 14.5. The summed E-state index contributed by atoms with van der Waals surface area (Å²) in [6.45, 7) is 3.59. The third-order valence-electron chi connectivity index (χ3n) is 4.07. The lowest BCUT2D eigenvalue weighted by atomic mass is 9.92. The number of rotatable bonds is 4. The van der Waals surface area contributed by atoms with Crippen molar-refractivity contribution >= 4 is 5.91 Å². The van der Waals surface area contributed by atoms with Gasteiger partial charge in [-0.1, -0.05) is 12.1 Å². The molecule has 0 aliphatic carbocycles. The lowest BCUT2D eigenvalue weighted by molar-refractivity contribution is -0.133. The van der Waals surface area contributed by atoms with E-state index in [0.29, 0.717) is 18.8 Å². The first kappa shape index (κ1) is 15.0. The van der Waals surface area contributed by atoms with Crippen LogP contribution in [0.3, 0.4) is 0 Å². The number of nitrogens with zero attached hydrogens (tertiary/aromatic N) is 1. The predicted octanol–water partition coefficient (Wildman–Crippen LogP) is 2.34. The number of aryl methyl sites for hydroxylation is 1. The van der Waals surface area contributed by atoms with Crippen molar-refractivity contribution in [2.24, 2.45) is 11.7 Å². The van der Waals surface area contributed by atoms with E-state index in [2.05, 4.69) is 0 Å². The number of benzene rings is 1. The van der Waals surface area contributed by atoms with Crippen molar-refractivity contribution in [3.63, 3.8) is 0 Å². The molecule has 1 amide bonds. The molecule has 1 heterocycles. The van der Waals surface area contributed by atoms with Crippen LogP contribution in [0.25, 0.3) is 0 Å². The molecule has 2 rings (SSSR count). The van der Waals surface area contributed by atoms with Crippen LogP contribution in [0, 0.1) is 11.7 Å². The largest absolute Gasteiger partial charge is 0.342 e. The Morgan fingerprint density at radius 1 is 1.55 bits per heavy atom. The molecule has 2 N–H and O–H groups in total.